The summed E-state index contributed by atoms with van der Waals surface area (Å²) in [6.07, 6.45) is -2.49. The maximum Gasteiger partial charge on any atom is 0.255 e. The molecule has 0 aliphatic heterocycles. The van der Waals surface area contributed by atoms with E-state index >= 15 is 0 Å². The van der Waals surface area contributed by atoms with Gasteiger partial charge in [0.2, 0.25) is 0 Å². The fraction of sp³-hybridized carbons (Fsp3) is 0.375. The molecule has 0 spiro atoms. The van der Waals surface area contributed by atoms with Crippen molar-refractivity contribution in [2.24, 2.45) is 0 Å². The molecule has 0 fully saturated rings. The molecule has 0 aliphatic rings. The summed E-state index contributed by atoms with van der Waals surface area (Å²) in [6, 6.07) is 1.62. The Balaban J connectivity index is 2.65. The molecule has 1 heterocycles. The fourth-order valence-electron chi connectivity index (χ4n) is 0.933. The summed E-state index contributed by atoms with van der Waals surface area (Å²) in [6.45, 7) is -0.535. The van der Waals surface area contributed by atoms with Gasteiger partial charge in [-0.05, 0) is 22.0 Å². The van der Waals surface area contributed by atoms with Crippen molar-refractivity contribution in [2.75, 3.05) is 13.6 Å². The minimum atomic E-state index is -2.49. The van der Waals surface area contributed by atoms with Crippen LogP contribution in [-0.2, 0) is 0 Å². The zero-order valence-electron chi connectivity index (χ0n) is 7.34. The van der Waals surface area contributed by atoms with Crippen LogP contribution in [0.5, 0.6) is 0 Å². The van der Waals surface area contributed by atoms with Gasteiger partial charge in [-0.1, -0.05) is 0 Å². The van der Waals surface area contributed by atoms with Crippen LogP contribution >= 0.6 is 27.3 Å². The minimum Gasteiger partial charge on any atom is -0.336 e. The van der Waals surface area contributed by atoms with Crippen LogP contribution < -0.4 is 0 Å². The predicted molar refractivity (Wildman–Crippen MR) is 55.0 cm³/mol. The Labute approximate surface area is 92.7 Å². The highest BCUT2D eigenvalue weighted by Crippen LogP contribution is 2.21. The highest BCUT2D eigenvalue weighted by atomic mass is 79.9. The maximum atomic E-state index is 12.0. The van der Waals surface area contributed by atoms with Gasteiger partial charge in [0.25, 0.3) is 12.3 Å². The fourth-order valence-corrected chi connectivity index (χ4v) is 2.06. The minimum absolute atomic E-state index is 0.382. The number of carbonyl (C=O) groups is 1. The van der Waals surface area contributed by atoms with E-state index in [0.29, 0.717) is 5.56 Å². The van der Waals surface area contributed by atoms with Crippen LogP contribution in [0.2, 0.25) is 0 Å². The normalized spacial score (nSPS) is 10.6. The van der Waals surface area contributed by atoms with Crippen molar-refractivity contribution < 1.29 is 13.6 Å². The molecule has 0 saturated heterocycles. The largest absolute Gasteiger partial charge is 0.336 e. The molecule has 0 aliphatic carbocycles. The van der Waals surface area contributed by atoms with E-state index in [-0.39, 0.29) is 5.91 Å². The topological polar surface area (TPSA) is 20.3 Å². The lowest BCUT2D eigenvalue weighted by Crippen LogP contribution is -2.30. The molecule has 1 rings (SSSR count). The van der Waals surface area contributed by atoms with Crippen LogP contribution in [-0.4, -0.2) is 30.8 Å². The van der Waals surface area contributed by atoms with Gasteiger partial charge in [0.15, 0.2) is 0 Å². The lowest BCUT2D eigenvalue weighted by molar-refractivity contribution is 0.0621. The SMILES string of the molecule is CN(CC(F)F)C(=O)c1csc(Br)c1. The number of hydrogen-bond acceptors (Lipinski definition) is 2. The molecular weight excluding hydrogens is 276 g/mol. The molecule has 1 aromatic heterocycles. The Hall–Kier alpha value is -0.490. The van der Waals surface area contributed by atoms with Gasteiger partial charge >= 0.3 is 0 Å². The molecule has 0 unspecified atom stereocenters. The average Bonchev–Trinajstić information content (AvgIpc) is 2.49. The van der Waals surface area contributed by atoms with Crippen LogP contribution in [0, 0.1) is 0 Å². The van der Waals surface area contributed by atoms with E-state index in [1.165, 1.54) is 18.4 Å². The summed E-state index contributed by atoms with van der Waals surface area (Å²) in [7, 11) is 1.36. The highest BCUT2D eigenvalue weighted by molar-refractivity contribution is 9.11. The number of alkyl halides is 2. The van der Waals surface area contributed by atoms with Crippen LogP contribution in [0.15, 0.2) is 15.2 Å². The molecule has 14 heavy (non-hydrogen) atoms. The Morgan fingerprint density at radius 1 is 1.71 bits per heavy atom. The lowest BCUT2D eigenvalue weighted by atomic mass is 10.3. The van der Waals surface area contributed by atoms with E-state index in [1.807, 2.05) is 0 Å². The van der Waals surface area contributed by atoms with Crippen LogP contribution in [0.3, 0.4) is 0 Å². The third kappa shape index (κ3) is 3.02. The lowest BCUT2D eigenvalue weighted by Gasteiger charge is -2.15. The number of nitrogens with zero attached hydrogens (tertiary/aromatic N) is 1. The van der Waals surface area contributed by atoms with Crippen molar-refractivity contribution in [1.82, 2.24) is 4.90 Å². The first-order valence-corrected chi connectivity index (χ1v) is 5.45. The summed E-state index contributed by atoms with van der Waals surface area (Å²) < 4.78 is 24.7. The van der Waals surface area contributed by atoms with Crippen LogP contribution in [0.25, 0.3) is 0 Å². The standard InChI is InChI=1S/C8H8BrF2NOS/c1-12(3-7(10)11)8(13)5-2-6(9)14-4-5/h2,4,7H,3H2,1H3. The van der Waals surface area contributed by atoms with Crippen molar-refractivity contribution in [3.05, 3.63) is 20.8 Å². The smallest absolute Gasteiger partial charge is 0.255 e. The molecule has 0 radical (unpaired) electrons. The van der Waals surface area contributed by atoms with E-state index in [9.17, 15) is 13.6 Å². The molecule has 0 aromatic carbocycles. The first kappa shape index (κ1) is 11.6. The molecule has 6 heteroatoms. The molecule has 0 atom stereocenters. The van der Waals surface area contributed by atoms with Crippen molar-refractivity contribution in [1.29, 1.82) is 0 Å². The first-order chi connectivity index (χ1) is 6.50. The van der Waals surface area contributed by atoms with Gasteiger partial charge in [-0.25, -0.2) is 8.78 Å². The van der Waals surface area contributed by atoms with Crippen molar-refractivity contribution in [3.8, 4) is 0 Å². The molecule has 0 N–H and O–H groups in total. The van der Waals surface area contributed by atoms with E-state index in [0.717, 1.165) is 8.69 Å². The monoisotopic (exact) mass is 283 g/mol. The zero-order chi connectivity index (χ0) is 10.7. The zero-order valence-corrected chi connectivity index (χ0v) is 9.74. The molecule has 0 bridgehead atoms. The quantitative estimate of drug-likeness (QED) is 0.835. The van der Waals surface area contributed by atoms with Gasteiger partial charge in [0.05, 0.1) is 15.9 Å². The molecule has 78 valence electrons. The van der Waals surface area contributed by atoms with Crippen LogP contribution in [0.1, 0.15) is 10.4 Å². The van der Waals surface area contributed by atoms with Gasteiger partial charge in [-0.15, -0.1) is 11.3 Å². The third-order valence-electron chi connectivity index (χ3n) is 1.57. The molecule has 0 saturated carbocycles. The molecule has 1 aromatic rings. The molecule has 1 amide bonds. The highest BCUT2D eigenvalue weighted by Gasteiger charge is 2.16. The van der Waals surface area contributed by atoms with Gasteiger partial charge < -0.3 is 4.90 Å². The van der Waals surface area contributed by atoms with Gasteiger partial charge in [0.1, 0.15) is 0 Å². The van der Waals surface area contributed by atoms with E-state index in [2.05, 4.69) is 15.9 Å². The summed E-state index contributed by atoms with van der Waals surface area (Å²) >= 11 is 4.55. The summed E-state index contributed by atoms with van der Waals surface area (Å²) in [4.78, 5) is 12.5. The summed E-state index contributed by atoms with van der Waals surface area (Å²) in [5.74, 6) is -0.382. The first-order valence-electron chi connectivity index (χ1n) is 3.78. The number of hydrogen-bond donors (Lipinski definition) is 0. The molecular formula is C8H8BrF2NOS. The number of halogens is 3. The van der Waals surface area contributed by atoms with Gasteiger partial charge in [0, 0.05) is 12.4 Å². The second kappa shape index (κ2) is 4.84. The molecule has 2 nitrogen and oxygen atoms in total. The second-order valence-electron chi connectivity index (χ2n) is 2.72. The number of thiophene rings is 1. The number of rotatable bonds is 3. The number of carbonyl (C=O) groups excluding carboxylic acids is 1. The predicted octanol–water partition coefficient (Wildman–Crippen LogP) is 2.85. The second-order valence-corrected chi connectivity index (χ2v) is 5.01. The Morgan fingerprint density at radius 2 is 2.36 bits per heavy atom. The Kier molecular flexibility index (Phi) is 4.00. The third-order valence-corrected chi connectivity index (χ3v) is 3.08. The summed E-state index contributed by atoms with van der Waals surface area (Å²) in [5, 5.41) is 1.63. The van der Waals surface area contributed by atoms with Crippen molar-refractivity contribution in [3.63, 3.8) is 0 Å². The number of amides is 1. The van der Waals surface area contributed by atoms with E-state index in [1.54, 1.807) is 11.4 Å². The average molecular weight is 284 g/mol. The van der Waals surface area contributed by atoms with Gasteiger partial charge in [-0.3, -0.25) is 4.79 Å². The van der Waals surface area contributed by atoms with E-state index < -0.39 is 13.0 Å². The van der Waals surface area contributed by atoms with Crippen molar-refractivity contribution in [2.45, 2.75) is 6.43 Å². The Morgan fingerprint density at radius 3 is 2.79 bits per heavy atom. The van der Waals surface area contributed by atoms with E-state index in [4.69, 9.17) is 0 Å². The van der Waals surface area contributed by atoms with Crippen LogP contribution in [0.4, 0.5) is 8.78 Å². The summed E-state index contributed by atoms with van der Waals surface area (Å²) in [5.41, 5.74) is 0.435. The maximum absolute atomic E-state index is 12.0. The van der Waals surface area contributed by atoms with Crippen molar-refractivity contribution >= 4 is 33.2 Å². The Bertz CT molecular complexity index is 329. The van der Waals surface area contributed by atoms with Gasteiger partial charge in [-0.2, -0.15) is 0 Å².